The SMILES string of the molecule is O=C(Cc1ccc(Br)cc1)NC1CCCCC1O. The molecule has 0 radical (unpaired) electrons. The average molecular weight is 312 g/mol. The van der Waals surface area contributed by atoms with E-state index in [1.54, 1.807) is 0 Å². The number of aliphatic hydroxyl groups excluding tert-OH is 1. The maximum absolute atomic E-state index is 11.9. The summed E-state index contributed by atoms with van der Waals surface area (Å²) in [6.45, 7) is 0. The van der Waals surface area contributed by atoms with Crippen LogP contribution in [0.5, 0.6) is 0 Å². The van der Waals surface area contributed by atoms with E-state index in [4.69, 9.17) is 0 Å². The van der Waals surface area contributed by atoms with Crippen molar-refractivity contribution < 1.29 is 9.90 Å². The summed E-state index contributed by atoms with van der Waals surface area (Å²) in [4.78, 5) is 11.9. The highest BCUT2D eigenvalue weighted by Crippen LogP contribution is 2.18. The largest absolute Gasteiger partial charge is 0.391 e. The molecule has 0 bridgehead atoms. The fourth-order valence-corrected chi connectivity index (χ4v) is 2.59. The molecule has 1 fully saturated rings. The van der Waals surface area contributed by atoms with Crippen LogP contribution >= 0.6 is 15.9 Å². The Bertz CT molecular complexity index is 405. The Morgan fingerprint density at radius 2 is 1.94 bits per heavy atom. The van der Waals surface area contributed by atoms with Crippen molar-refractivity contribution in [2.75, 3.05) is 0 Å². The van der Waals surface area contributed by atoms with E-state index in [1.165, 1.54) is 0 Å². The number of hydrogen-bond acceptors (Lipinski definition) is 2. The molecule has 1 aliphatic rings. The molecule has 1 aromatic rings. The molecule has 2 rings (SSSR count). The number of rotatable bonds is 3. The summed E-state index contributed by atoms with van der Waals surface area (Å²) >= 11 is 3.37. The minimum absolute atomic E-state index is 0.0109. The van der Waals surface area contributed by atoms with Crippen molar-refractivity contribution in [1.82, 2.24) is 5.32 Å². The maximum Gasteiger partial charge on any atom is 0.224 e. The van der Waals surface area contributed by atoms with Crippen LogP contribution in [0.1, 0.15) is 31.2 Å². The number of benzene rings is 1. The third-order valence-corrected chi connectivity index (χ3v) is 3.88. The van der Waals surface area contributed by atoms with Crippen LogP contribution < -0.4 is 5.32 Å². The van der Waals surface area contributed by atoms with E-state index in [9.17, 15) is 9.90 Å². The number of amides is 1. The van der Waals surface area contributed by atoms with Gasteiger partial charge in [0.25, 0.3) is 0 Å². The van der Waals surface area contributed by atoms with Crippen LogP contribution in [-0.2, 0) is 11.2 Å². The summed E-state index contributed by atoms with van der Waals surface area (Å²) in [6.07, 6.45) is 3.81. The predicted molar refractivity (Wildman–Crippen MR) is 74.3 cm³/mol. The van der Waals surface area contributed by atoms with Crippen molar-refractivity contribution in [2.24, 2.45) is 0 Å². The maximum atomic E-state index is 11.9. The predicted octanol–water partition coefficient (Wildman–Crippen LogP) is 2.41. The molecular weight excluding hydrogens is 294 g/mol. The van der Waals surface area contributed by atoms with Gasteiger partial charge in [-0.05, 0) is 30.5 Å². The fourth-order valence-electron chi connectivity index (χ4n) is 2.33. The molecule has 0 saturated heterocycles. The smallest absolute Gasteiger partial charge is 0.224 e. The second-order valence-electron chi connectivity index (χ2n) is 4.83. The number of nitrogens with one attached hydrogen (secondary N) is 1. The van der Waals surface area contributed by atoms with E-state index in [1.807, 2.05) is 24.3 Å². The molecule has 0 heterocycles. The Morgan fingerprint density at radius 1 is 1.28 bits per heavy atom. The molecule has 4 heteroatoms. The first-order valence-corrected chi connectivity index (χ1v) is 7.16. The third kappa shape index (κ3) is 3.82. The highest BCUT2D eigenvalue weighted by molar-refractivity contribution is 9.10. The van der Waals surface area contributed by atoms with Crippen molar-refractivity contribution in [1.29, 1.82) is 0 Å². The molecule has 3 nitrogen and oxygen atoms in total. The van der Waals surface area contributed by atoms with Crippen molar-refractivity contribution in [3.8, 4) is 0 Å². The lowest BCUT2D eigenvalue weighted by atomic mass is 9.92. The second-order valence-corrected chi connectivity index (χ2v) is 5.74. The molecule has 1 saturated carbocycles. The third-order valence-electron chi connectivity index (χ3n) is 3.35. The molecular formula is C14H18BrNO2. The van der Waals surface area contributed by atoms with E-state index in [2.05, 4.69) is 21.2 Å². The van der Waals surface area contributed by atoms with Gasteiger partial charge >= 0.3 is 0 Å². The standard InChI is InChI=1S/C14H18BrNO2/c15-11-7-5-10(6-8-11)9-14(18)16-12-3-1-2-4-13(12)17/h5-8,12-13,17H,1-4,9H2,(H,16,18). The summed E-state index contributed by atoms with van der Waals surface area (Å²) in [7, 11) is 0. The van der Waals surface area contributed by atoms with Crippen molar-refractivity contribution in [2.45, 2.75) is 44.2 Å². The van der Waals surface area contributed by atoms with Gasteiger partial charge in [0, 0.05) is 4.47 Å². The summed E-state index contributed by atoms with van der Waals surface area (Å²) in [5, 5.41) is 12.7. The molecule has 1 amide bonds. The lowest BCUT2D eigenvalue weighted by Gasteiger charge is -2.28. The van der Waals surface area contributed by atoms with Crippen molar-refractivity contribution in [3.63, 3.8) is 0 Å². The summed E-state index contributed by atoms with van der Waals surface area (Å²) < 4.78 is 1.01. The van der Waals surface area contributed by atoms with Crippen LogP contribution in [0, 0.1) is 0 Å². The Morgan fingerprint density at radius 3 is 2.61 bits per heavy atom. The molecule has 1 aromatic carbocycles. The molecule has 0 aromatic heterocycles. The molecule has 0 spiro atoms. The Labute approximate surface area is 116 Å². The van der Waals surface area contributed by atoms with Crippen molar-refractivity contribution >= 4 is 21.8 Å². The van der Waals surface area contributed by atoms with Gasteiger partial charge in [-0.1, -0.05) is 40.9 Å². The number of carbonyl (C=O) groups excluding carboxylic acids is 1. The van der Waals surface area contributed by atoms with E-state index >= 15 is 0 Å². The number of hydrogen-bond donors (Lipinski definition) is 2. The summed E-state index contributed by atoms with van der Waals surface area (Å²) in [5.74, 6) is -0.0109. The van der Waals surface area contributed by atoms with Gasteiger partial charge in [0.15, 0.2) is 0 Å². The molecule has 98 valence electrons. The molecule has 18 heavy (non-hydrogen) atoms. The van der Waals surface area contributed by atoms with Crippen molar-refractivity contribution in [3.05, 3.63) is 34.3 Å². The van der Waals surface area contributed by atoms with Crippen LogP contribution in [0.15, 0.2) is 28.7 Å². The molecule has 2 N–H and O–H groups in total. The van der Waals surface area contributed by atoms with Gasteiger partial charge in [-0.15, -0.1) is 0 Å². The first-order chi connectivity index (χ1) is 8.65. The minimum atomic E-state index is -0.382. The number of halogens is 1. The summed E-state index contributed by atoms with van der Waals surface area (Å²) in [5.41, 5.74) is 0.987. The zero-order valence-corrected chi connectivity index (χ0v) is 11.8. The monoisotopic (exact) mass is 311 g/mol. The first-order valence-electron chi connectivity index (χ1n) is 6.37. The molecule has 1 aliphatic carbocycles. The highest BCUT2D eigenvalue weighted by Gasteiger charge is 2.24. The zero-order chi connectivity index (χ0) is 13.0. The zero-order valence-electron chi connectivity index (χ0n) is 10.2. The van der Waals surface area contributed by atoms with E-state index < -0.39 is 0 Å². The molecule has 0 aliphatic heterocycles. The highest BCUT2D eigenvalue weighted by atomic mass is 79.9. The average Bonchev–Trinajstić information content (AvgIpc) is 2.35. The minimum Gasteiger partial charge on any atom is -0.391 e. The van der Waals surface area contributed by atoms with E-state index in [0.717, 1.165) is 35.7 Å². The van der Waals surface area contributed by atoms with Gasteiger partial charge < -0.3 is 10.4 Å². The van der Waals surface area contributed by atoms with Crippen LogP contribution in [-0.4, -0.2) is 23.2 Å². The van der Waals surface area contributed by atoms with E-state index in [0.29, 0.717) is 6.42 Å². The summed E-state index contributed by atoms with van der Waals surface area (Å²) in [6, 6.07) is 7.65. The van der Waals surface area contributed by atoms with Crippen LogP contribution in [0.4, 0.5) is 0 Å². The van der Waals surface area contributed by atoms with Gasteiger partial charge in [0.1, 0.15) is 0 Å². The lowest BCUT2D eigenvalue weighted by molar-refractivity contribution is -0.122. The normalized spacial score (nSPS) is 23.7. The van der Waals surface area contributed by atoms with Gasteiger partial charge in [0.05, 0.1) is 18.6 Å². The Kier molecular flexibility index (Phi) is 4.78. The fraction of sp³-hybridized carbons (Fsp3) is 0.500. The Hall–Kier alpha value is -0.870. The number of aliphatic hydroxyl groups is 1. The molecule has 2 atom stereocenters. The first kappa shape index (κ1) is 13.6. The lowest BCUT2D eigenvalue weighted by Crippen LogP contribution is -2.45. The van der Waals surface area contributed by atoms with E-state index in [-0.39, 0.29) is 18.1 Å². The quantitative estimate of drug-likeness (QED) is 0.900. The van der Waals surface area contributed by atoms with Crippen LogP contribution in [0.2, 0.25) is 0 Å². The number of carbonyl (C=O) groups is 1. The molecule has 2 unspecified atom stereocenters. The topological polar surface area (TPSA) is 49.3 Å². The van der Waals surface area contributed by atoms with Gasteiger partial charge in [-0.25, -0.2) is 0 Å². The van der Waals surface area contributed by atoms with Gasteiger partial charge in [-0.3, -0.25) is 4.79 Å². The van der Waals surface area contributed by atoms with Gasteiger partial charge in [-0.2, -0.15) is 0 Å². The van der Waals surface area contributed by atoms with Crippen LogP contribution in [0.25, 0.3) is 0 Å². The van der Waals surface area contributed by atoms with Crippen LogP contribution in [0.3, 0.4) is 0 Å². The van der Waals surface area contributed by atoms with Gasteiger partial charge in [0.2, 0.25) is 5.91 Å². The second kappa shape index (κ2) is 6.34. The Balaban J connectivity index is 1.86.